The fourth-order valence-electron chi connectivity index (χ4n) is 2.28. The third-order valence-electron chi connectivity index (χ3n) is 3.25. The summed E-state index contributed by atoms with van der Waals surface area (Å²) >= 11 is 0. The summed E-state index contributed by atoms with van der Waals surface area (Å²) < 4.78 is 6.99. The van der Waals surface area contributed by atoms with Crippen LogP contribution >= 0.6 is 0 Å². The van der Waals surface area contributed by atoms with Crippen LogP contribution in [0.25, 0.3) is 10.9 Å². The lowest BCUT2D eigenvalue weighted by molar-refractivity contribution is 0.374. The summed E-state index contributed by atoms with van der Waals surface area (Å²) in [6.45, 7) is 4.51. The van der Waals surface area contributed by atoms with Crippen LogP contribution in [0.4, 0.5) is 0 Å². The minimum Gasteiger partial charge on any atom is -0.340 e. The first kappa shape index (κ1) is 12.8. The molecule has 0 saturated heterocycles. The Balaban J connectivity index is 1.65. The number of hydrogen-bond donors (Lipinski definition) is 1. The van der Waals surface area contributed by atoms with Gasteiger partial charge in [-0.25, -0.2) is 0 Å². The Morgan fingerprint density at radius 1 is 1.30 bits per heavy atom. The second-order valence-electron chi connectivity index (χ2n) is 4.54. The van der Waals surface area contributed by atoms with Gasteiger partial charge in [-0.1, -0.05) is 23.4 Å². The largest absolute Gasteiger partial charge is 0.340 e. The average molecular weight is 271 g/mol. The van der Waals surface area contributed by atoms with Crippen LogP contribution in [0.1, 0.15) is 18.5 Å². The molecular formula is C14H17N5O. The van der Waals surface area contributed by atoms with Crippen molar-refractivity contribution in [1.82, 2.24) is 25.2 Å². The molecule has 0 unspecified atom stereocenters. The van der Waals surface area contributed by atoms with E-state index in [1.54, 1.807) is 0 Å². The summed E-state index contributed by atoms with van der Waals surface area (Å²) in [5.74, 6) is 0.654. The molecule has 0 amide bonds. The third kappa shape index (κ3) is 2.55. The zero-order valence-electron chi connectivity index (χ0n) is 11.4. The molecular weight excluding hydrogens is 254 g/mol. The Kier molecular flexibility index (Phi) is 3.73. The van der Waals surface area contributed by atoms with Crippen LogP contribution in [0.2, 0.25) is 0 Å². The van der Waals surface area contributed by atoms with E-state index in [4.69, 9.17) is 4.52 Å². The van der Waals surface area contributed by atoms with E-state index in [1.165, 1.54) is 17.2 Å². The van der Waals surface area contributed by atoms with Crippen LogP contribution < -0.4 is 5.32 Å². The van der Waals surface area contributed by atoms with Crippen LogP contribution in [0.15, 0.2) is 35.1 Å². The van der Waals surface area contributed by atoms with Gasteiger partial charge >= 0.3 is 0 Å². The fraction of sp³-hybridized carbons (Fsp3) is 0.357. The van der Waals surface area contributed by atoms with Crippen molar-refractivity contribution < 1.29 is 4.52 Å². The first-order valence-corrected chi connectivity index (χ1v) is 6.79. The van der Waals surface area contributed by atoms with E-state index in [-0.39, 0.29) is 0 Å². The molecule has 1 aromatic carbocycles. The van der Waals surface area contributed by atoms with Gasteiger partial charge in [0.1, 0.15) is 0 Å². The van der Waals surface area contributed by atoms with Crippen LogP contribution in [0.3, 0.4) is 0 Å². The summed E-state index contributed by atoms with van der Waals surface area (Å²) in [6.07, 6.45) is 2.15. The normalized spacial score (nSPS) is 11.2. The third-order valence-corrected chi connectivity index (χ3v) is 3.25. The van der Waals surface area contributed by atoms with E-state index in [0.717, 1.165) is 31.7 Å². The summed E-state index contributed by atoms with van der Waals surface area (Å²) in [6, 6.07) is 8.31. The highest BCUT2D eigenvalue weighted by Gasteiger charge is 2.08. The zero-order valence-corrected chi connectivity index (χ0v) is 11.4. The van der Waals surface area contributed by atoms with E-state index in [0.29, 0.717) is 5.89 Å². The molecule has 3 aromatic rings. The van der Waals surface area contributed by atoms with Crippen molar-refractivity contribution in [3.8, 4) is 0 Å². The molecule has 0 aliphatic carbocycles. The maximum absolute atomic E-state index is 4.96. The van der Waals surface area contributed by atoms with E-state index in [9.17, 15) is 0 Å². The lowest BCUT2D eigenvalue weighted by Crippen LogP contribution is -2.17. The highest BCUT2D eigenvalue weighted by molar-refractivity contribution is 5.81. The van der Waals surface area contributed by atoms with Gasteiger partial charge in [-0.2, -0.15) is 10.1 Å². The Labute approximate surface area is 116 Å². The lowest BCUT2D eigenvalue weighted by atomic mass is 10.2. The standard InChI is InChI=1S/C14H17N5O/c1-2-19-13-6-4-3-5-11(13)12(18-19)9-15-8-7-14-16-10-17-20-14/h3-6,10,15H,2,7-9H2,1H3. The molecule has 0 aliphatic rings. The molecule has 0 radical (unpaired) electrons. The predicted molar refractivity (Wildman–Crippen MR) is 75.1 cm³/mol. The summed E-state index contributed by atoms with van der Waals surface area (Å²) in [5, 5.41) is 12.8. The number of para-hydroxylation sites is 1. The SMILES string of the molecule is CCn1nc(CNCCc2ncno2)c2ccccc21. The van der Waals surface area contributed by atoms with Crippen LogP contribution in [-0.4, -0.2) is 26.5 Å². The van der Waals surface area contributed by atoms with E-state index in [2.05, 4.69) is 39.6 Å². The molecule has 0 spiro atoms. The van der Waals surface area contributed by atoms with E-state index >= 15 is 0 Å². The van der Waals surface area contributed by atoms with E-state index < -0.39 is 0 Å². The monoisotopic (exact) mass is 271 g/mol. The zero-order chi connectivity index (χ0) is 13.8. The van der Waals surface area contributed by atoms with Crippen LogP contribution in [-0.2, 0) is 19.5 Å². The Morgan fingerprint density at radius 3 is 3.00 bits per heavy atom. The van der Waals surface area contributed by atoms with Gasteiger partial charge in [0.15, 0.2) is 6.33 Å². The molecule has 2 heterocycles. The van der Waals surface area contributed by atoms with Crippen molar-refractivity contribution in [1.29, 1.82) is 0 Å². The first-order chi connectivity index (χ1) is 9.88. The molecule has 3 rings (SSSR count). The molecule has 0 fully saturated rings. The van der Waals surface area contributed by atoms with Gasteiger partial charge in [0, 0.05) is 31.4 Å². The van der Waals surface area contributed by atoms with Crippen LogP contribution in [0, 0.1) is 0 Å². The van der Waals surface area contributed by atoms with Gasteiger partial charge in [-0.05, 0) is 13.0 Å². The number of benzene rings is 1. The Hall–Kier alpha value is -2.21. The molecule has 6 heteroatoms. The maximum atomic E-state index is 4.96. The van der Waals surface area contributed by atoms with Gasteiger partial charge in [-0.15, -0.1) is 0 Å². The minimum absolute atomic E-state index is 0.654. The number of aromatic nitrogens is 4. The number of hydrogen-bond acceptors (Lipinski definition) is 5. The van der Waals surface area contributed by atoms with Crippen molar-refractivity contribution >= 4 is 10.9 Å². The van der Waals surface area contributed by atoms with Gasteiger partial charge in [0.2, 0.25) is 5.89 Å². The first-order valence-electron chi connectivity index (χ1n) is 6.79. The van der Waals surface area contributed by atoms with Gasteiger partial charge in [0.05, 0.1) is 11.2 Å². The lowest BCUT2D eigenvalue weighted by Gasteiger charge is -2.00. The predicted octanol–water partition coefficient (Wildman–Crippen LogP) is 1.77. The molecule has 104 valence electrons. The summed E-state index contributed by atoms with van der Waals surface area (Å²) in [4.78, 5) is 3.99. The molecule has 6 nitrogen and oxygen atoms in total. The number of fused-ring (bicyclic) bond motifs is 1. The van der Waals surface area contributed by atoms with Gasteiger partial charge in [0.25, 0.3) is 0 Å². The van der Waals surface area contributed by atoms with Crippen molar-refractivity contribution in [2.45, 2.75) is 26.4 Å². The van der Waals surface area contributed by atoms with Crippen molar-refractivity contribution in [2.24, 2.45) is 0 Å². The highest BCUT2D eigenvalue weighted by atomic mass is 16.5. The maximum Gasteiger partial charge on any atom is 0.227 e. The number of aryl methyl sites for hydroxylation is 1. The molecule has 0 atom stereocenters. The molecule has 0 saturated carbocycles. The molecule has 20 heavy (non-hydrogen) atoms. The molecule has 2 aromatic heterocycles. The number of nitrogens with zero attached hydrogens (tertiary/aromatic N) is 4. The van der Waals surface area contributed by atoms with Crippen molar-refractivity contribution in [2.75, 3.05) is 6.54 Å². The van der Waals surface area contributed by atoms with Gasteiger partial charge in [-0.3, -0.25) is 4.68 Å². The summed E-state index contributed by atoms with van der Waals surface area (Å²) in [7, 11) is 0. The Morgan fingerprint density at radius 2 is 2.20 bits per heavy atom. The smallest absolute Gasteiger partial charge is 0.227 e. The second-order valence-corrected chi connectivity index (χ2v) is 4.54. The molecule has 0 bridgehead atoms. The molecule has 1 N–H and O–H groups in total. The number of rotatable bonds is 6. The average Bonchev–Trinajstić information content (AvgIpc) is 3.11. The second kappa shape index (κ2) is 5.83. The van der Waals surface area contributed by atoms with Gasteiger partial charge < -0.3 is 9.84 Å². The van der Waals surface area contributed by atoms with E-state index in [1.807, 2.05) is 16.8 Å². The Bertz CT molecular complexity index is 674. The summed E-state index contributed by atoms with van der Waals surface area (Å²) in [5.41, 5.74) is 2.26. The fourth-order valence-corrected chi connectivity index (χ4v) is 2.28. The molecule has 0 aliphatic heterocycles. The minimum atomic E-state index is 0.654. The van der Waals surface area contributed by atoms with Crippen molar-refractivity contribution in [3.63, 3.8) is 0 Å². The topological polar surface area (TPSA) is 68.8 Å². The highest BCUT2D eigenvalue weighted by Crippen LogP contribution is 2.18. The van der Waals surface area contributed by atoms with Crippen LogP contribution in [0.5, 0.6) is 0 Å². The number of nitrogens with one attached hydrogen (secondary N) is 1. The van der Waals surface area contributed by atoms with Crippen molar-refractivity contribution in [3.05, 3.63) is 42.2 Å². The quantitative estimate of drug-likeness (QED) is 0.692.